The molecule has 7 nitrogen and oxygen atoms in total. The van der Waals surface area contributed by atoms with Crippen LogP contribution in [0.1, 0.15) is 6.92 Å². The van der Waals surface area contributed by atoms with Gasteiger partial charge in [-0.1, -0.05) is 0 Å². The van der Waals surface area contributed by atoms with Gasteiger partial charge >= 0.3 is 6.03 Å². The molecule has 2 amide bonds. The van der Waals surface area contributed by atoms with Gasteiger partial charge in [0.2, 0.25) is 6.79 Å². The van der Waals surface area contributed by atoms with E-state index in [1.54, 1.807) is 11.0 Å². The maximum absolute atomic E-state index is 12.0. The molecule has 120 valence electrons. The molecule has 22 heavy (non-hydrogen) atoms. The molecule has 0 radical (unpaired) electrons. The number of fused-ring (bicyclic) bond motifs is 1. The van der Waals surface area contributed by atoms with E-state index in [9.17, 15) is 4.79 Å². The number of benzene rings is 1. The molecule has 1 fully saturated rings. The van der Waals surface area contributed by atoms with Crippen molar-refractivity contribution in [2.45, 2.75) is 13.0 Å². The van der Waals surface area contributed by atoms with Crippen LogP contribution in [0.3, 0.4) is 0 Å². The van der Waals surface area contributed by atoms with Crippen molar-refractivity contribution in [3.05, 3.63) is 18.2 Å². The number of amides is 2. The molecule has 1 aromatic rings. The Hall–Kier alpha value is -2.15. The highest BCUT2D eigenvalue weighted by molar-refractivity contribution is 5.74. The largest absolute Gasteiger partial charge is 0.492 e. The summed E-state index contributed by atoms with van der Waals surface area (Å²) in [6, 6.07) is 5.34. The van der Waals surface area contributed by atoms with Crippen LogP contribution in [0.25, 0.3) is 0 Å². The fourth-order valence-electron chi connectivity index (χ4n) is 2.41. The van der Waals surface area contributed by atoms with Crippen LogP contribution in [0.4, 0.5) is 4.79 Å². The Kier molecular flexibility index (Phi) is 4.53. The predicted molar refractivity (Wildman–Crippen MR) is 78.4 cm³/mol. The highest BCUT2D eigenvalue weighted by atomic mass is 16.7. The van der Waals surface area contributed by atoms with Crippen molar-refractivity contribution in [3.8, 4) is 17.2 Å². The fourth-order valence-corrected chi connectivity index (χ4v) is 2.41. The zero-order chi connectivity index (χ0) is 15.4. The van der Waals surface area contributed by atoms with Crippen molar-refractivity contribution < 1.29 is 23.7 Å². The molecule has 2 aliphatic heterocycles. The van der Waals surface area contributed by atoms with E-state index in [0.29, 0.717) is 44.3 Å². The predicted octanol–water partition coefficient (Wildman–Crippen LogP) is 1.22. The SMILES string of the molecule is CC1CN(C(=O)NCCOc2ccc3c(c2)OCO3)CCO1. The van der Waals surface area contributed by atoms with Crippen LogP contribution in [0.2, 0.25) is 0 Å². The summed E-state index contributed by atoms with van der Waals surface area (Å²) in [6.45, 7) is 4.87. The number of morpholine rings is 1. The molecular weight excluding hydrogens is 288 g/mol. The molecule has 3 rings (SSSR count). The van der Waals surface area contributed by atoms with Gasteiger partial charge in [0.15, 0.2) is 11.5 Å². The van der Waals surface area contributed by atoms with E-state index in [1.165, 1.54) is 0 Å². The normalized spacial score (nSPS) is 19.9. The average Bonchev–Trinajstić information content (AvgIpc) is 2.99. The van der Waals surface area contributed by atoms with Crippen molar-refractivity contribution >= 4 is 6.03 Å². The maximum Gasteiger partial charge on any atom is 0.317 e. The number of carbonyl (C=O) groups is 1. The van der Waals surface area contributed by atoms with E-state index >= 15 is 0 Å². The lowest BCUT2D eigenvalue weighted by Crippen LogP contribution is -2.49. The molecule has 2 heterocycles. The minimum absolute atomic E-state index is 0.0792. The highest BCUT2D eigenvalue weighted by Crippen LogP contribution is 2.34. The topological polar surface area (TPSA) is 69.3 Å². The van der Waals surface area contributed by atoms with E-state index in [4.69, 9.17) is 18.9 Å². The van der Waals surface area contributed by atoms with Gasteiger partial charge in [0.1, 0.15) is 12.4 Å². The first-order valence-electron chi connectivity index (χ1n) is 7.39. The van der Waals surface area contributed by atoms with Gasteiger partial charge in [-0.3, -0.25) is 0 Å². The standard InChI is InChI=1S/C15H20N2O5/c1-11-9-17(5-7-19-11)15(18)16-4-6-20-12-2-3-13-14(8-12)22-10-21-13/h2-3,8,11H,4-7,9-10H2,1H3,(H,16,18). The number of hydrogen-bond donors (Lipinski definition) is 1. The third-order valence-electron chi connectivity index (χ3n) is 3.52. The van der Waals surface area contributed by atoms with E-state index in [1.807, 2.05) is 19.1 Å². The molecule has 1 aromatic carbocycles. The van der Waals surface area contributed by atoms with E-state index in [2.05, 4.69) is 5.32 Å². The lowest BCUT2D eigenvalue weighted by atomic mass is 10.3. The van der Waals surface area contributed by atoms with Crippen molar-refractivity contribution in [3.63, 3.8) is 0 Å². The number of ether oxygens (including phenoxy) is 4. The van der Waals surface area contributed by atoms with E-state index in [-0.39, 0.29) is 18.9 Å². The Balaban J connectivity index is 1.39. The first-order chi connectivity index (χ1) is 10.7. The molecule has 1 atom stereocenters. The van der Waals surface area contributed by atoms with Crippen LogP contribution in [-0.4, -0.2) is 56.7 Å². The van der Waals surface area contributed by atoms with Crippen molar-refractivity contribution in [1.29, 1.82) is 0 Å². The van der Waals surface area contributed by atoms with Crippen LogP contribution in [0, 0.1) is 0 Å². The number of nitrogens with one attached hydrogen (secondary N) is 1. The Morgan fingerprint density at radius 3 is 3.14 bits per heavy atom. The quantitative estimate of drug-likeness (QED) is 0.847. The van der Waals surface area contributed by atoms with Crippen molar-refractivity contribution in [2.75, 3.05) is 39.6 Å². The van der Waals surface area contributed by atoms with Gasteiger partial charge in [-0.15, -0.1) is 0 Å². The summed E-state index contributed by atoms with van der Waals surface area (Å²) < 4.78 is 21.5. The molecule has 1 N–H and O–H groups in total. The van der Waals surface area contributed by atoms with Crippen LogP contribution in [0.15, 0.2) is 18.2 Å². The molecule has 0 spiro atoms. The highest BCUT2D eigenvalue weighted by Gasteiger charge is 2.20. The third kappa shape index (κ3) is 3.54. The van der Waals surface area contributed by atoms with Gasteiger partial charge in [0.05, 0.1) is 19.3 Å². The molecule has 0 saturated carbocycles. The van der Waals surface area contributed by atoms with Gasteiger partial charge in [-0.25, -0.2) is 4.79 Å². The first kappa shape index (κ1) is 14.8. The van der Waals surface area contributed by atoms with E-state index in [0.717, 1.165) is 5.75 Å². The lowest BCUT2D eigenvalue weighted by Gasteiger charge is -2.31. The molecule has 0 aromatic heterocycles. The van der Waals surface area contributed by atoms with E-state index < -0.39 is 0 Å². The molecule has 1 unspecified atom stereocenters. The molecule has 0 aliphatic carbocycles. The number of rotatable bonds is 4. The Labute approximate surface area is 129 Å². The number of hydrogen-bond acceptors (Lipinski definition) is 5. The monoisotopic (exact) mass is 308 g/mol. The molecule has 0 bridgehead atoms. The maximum atomic E-state index is 12.0. The second kappa shape index (κ2) is 6.74. The summed E-state index contributed by atoms with van der Waals surface area (Å²) in [5.74, 6) is 2.10. The molecular formula is C15H20N2O5. The second-order valence-electron chi connectivity index (χ2n) is 5.22. The van der Waals surface area contributed by atoms with Gasteiger partial charge in [-0.2, -0.15) is 0 Å². The Morgan fingerprint density at radius 2 is 2.27 bits per heavy atom. The molecule has 7 heteroatoms. The van der Waals surface area contributed by atoms with Crippen LogP contribution >= 0.6 is 0 Å². The Morgan fingerprint density at radius 1 is 1.41 bits per heavy atom. The van der Waals surface area contributed by atoms with Crippen LogP contribution < -0.4 is 19.5 Å². The van der Waals surface area contributed by atoms with Gasteiger partial charge in [0.25, 0.3) is 0 Å². The molecule has 2 aliphatic rings. The average molecular weight is 308 g/mol. The van der Waals surface area contributed by atoms with Gasteiger partial charge in [-0.05, 0) is 19.1 Å². The van der Waals surface area contributed by atoms with Crippen LogP contribution in [0.5, 0.6) is 17.2 Å². The zero-order valence-electron chi connectivity index (χ0n) is 12.5. The zero-order valence-corrected chi connectivity index (χ0v) is 12.5. The number of carbonyl (C=O) groups excluding carboxylic acids is 1. The summed E-state index contributed by atoms with van der Waals surface area (Å²) in [6.07, 6.45) is 0.0874. The van der Waals surface area contributed by atoms with Gasteiger partial charge < -0.3 is 29.2 Å². The summed E-state index contributed by atoms with van der Waals surface area (Å²) >= 11 is 0. The van der Waals surface area contributed by atoms with Crippen molar-refractivity contribution in [2.24, 2.45) is 0 Å². The summed E-state index contributed by atoms with van der Waals surface area (Å²) in [5.41, 5.74) is 0. The fraction of sp³-hybridized carbons (Fsp3) is 0.533. The number of nitrogens with zero attached hydrogens (tertiary/aromatic N) is 1. The van der Waals surface area contributed by atoms with Crippen LogP contribution in [-0.2, 0) is 4.74 Å². The third-order valence-corrected chi connectivity index (χ3v) is 3.52. The second-order valence-corrected chi connectivity index (χ2v) is 5.22. The summed E-state index contributed by atoms with van der Waals surface area (Å²) in [7, 11) is 0. The summed E-state index contributed by atoms with van der Waals surface area (Å²) in [4.78, 5) is 13.7. The minimum atomic E-state index is -0.0792. The smallest absolute Gasteiger partial charge is 0.317 e. The summed E-state index contributed by atoms with van der Waals surface area (Å²) in [5, 5.41) is 2.85. The van der Waals surface area contributed by atoms with Crippen molar-refractivity contribution in [1.82, 2.24) is 10.2 Å². The first-order valence-corrected chi connectivity index (χ1v) is 7.39. The molecule has 1 saturated heterocycles. The Bertz CT molecular complexity index is 537. The van der Waals surface area contributed by atoms with Gasteiger partial charge in [0, 0.05) is 19.2 Å². The minimum Gasteiger partial charge on any atom is -0.492 e. The lowest BCUT2D eigenvalue weighted by molar-refractivity contribution is -0.00353. The number of urea groups is 1.